The number of hydrogen-bond donors (Lipinski definition) is 0. The fraction of sp³-hybridized carbons (Fsp3) is 0.440. The molecule has 9 heteroatoms. The summed E-state index contributed by atoms with van der Waals surface area (Å²) in [5, 5.41) is 0. The van der Waals surface area contributed by atoms with E-state index in [0.717, 1.165) is 24.8 Å². The summed E-state index contributed by atoms with van der Waals surface area (Å²) in [4.78, 5) is 27.7. The molecule has 1 fully saturated rings. The molecule has 184 valence electrons. The second-order valence-electron chi connectivity index (χ2n) is 8.06. The van der Waals surface area contributed by atoms with Crippen LogP contribution in [0.1, 0.15) is 24.5 Å². The van der Waals surface area contributed by atoms with Crippen LogP contribution in [0.2, 0.25) is 0 Å². The van der Waals surface area contributed by atoms with Crippen molar-refractivity contribution < 1.29 is 37.0 Å². The summed E-state index contributed by atoms with van der Waals surface area (Å²) in [6, 6.07) is 16.1. The van der Waals surface area contributed by atoms with Crippen LogP contribution in [0.5, 0.6) is 0 Å². The Kier molecular flexibility index (Phi) is 8.33. The van der Waals surface area contributed by atoms with Crippen LogP contribution in [0.15, 0.2) is 60.7 Å². The van der Waals surface area contributed by atoms with Gasteiger partial charge in [0.1, 0.15) is 6.10 Å². The number of carbonyl (C=O) groups excluding carboxylic acids is 2. The van der Waals surface area contributed by atoms with Crippen molar-refractivity contribution in [2.75, 3.05) is 26.8 Å². The Balaban J connectivity index is 1.89. The van der Waals surface area contributed by atoms with Crippen LogP contribution in [-0.2, 0) is 35.9 Å². The van der Waals surface area contributed by atoms with Crippen LogP contribution in [0.4, 0.5) is 13.2 Å². The van der Waals surface area contributed by atoms with Gasteiger partial charge >= 0.3 is 18.1 Å². The smallest absolute Gasteiger partial charge is 0.432 e. The summed E-state index contributed by atoms with van der Waals surface area (Å²) in [6.07, 6.45) is -5.96. The van der Waals surface area contributed by atoms with E-state index in [4.69, 9.17) is 14.2 Å². The number of halogens is 3. The molecule has 34 heavy (non-hydrogen) atoms. The molecule has 0 unspecified atom stereocenters. The Labute approximate surface area is 196 Å². The number of esters is 2. The van der Waals surface area contributed by atoms with E-state index >= 15 is 0 Å². The van der Waals surface area contributed by atoms with Crippen molar-refractivity contribution in [1.29, 1.82) is 0 Å². The van der Waals surface area contributed by atoms with Gasteiger partial charge in [0.05, 0.1) is 12.5 Å². The fourth-order valence-electron chi connectivity index (χ4n) is 4.21. The molecule has 0 spiro atoms. The van der Waals surface area contributed by atoms with Gasteiger partial charge in [-0.1, -0.05) is 60.7 Å². The van der Waals surface area contributed by atoms with Crippen LogP contribution >= 0.6 is 0 Å². The van der Waals surface area contributed by atoms with Gasteiger partial charge in [0, 0.05) is 25.8 Å². The third-order valence-corrected chi connectivity index (χ3v) is 5.91. The number of alkyl halides is 3. The Morgan fingerprint density at radius 3 is 2.21 bits per heavy atom. The van der Waals surface area contributed by atoms with Crippen LogP contribution in [0.25, 0.3) is 0 Å². The van der Waals surface area contributed by atoms with Crippen LogP contribution in [-0.4, -0.2) is 55.9 Å². The van der Waals surface area contributed by atoms with Gasteiger partial charge in [0.25, 0.3) is 5.60 Å². The molecular formula is C25H28F3NO5. The van der Waals surface area contributed by atoms with Crippen LogP contribution < -0.4 is 0 Å². The van der Waals surface area contributed by atoms with E-state index < -0.39 is 41.3 Å². The SMILES string of the molecule is CCOC(=O)[C@H]1CCN(Cc2ccccc2)C[C@@H]1OC(=O)[C@](OC)(c1ccccc1)C(F)(F)F. The highest BCUT2D eigenvalue weighted by atomic mass is 19.4. The molecule has 0 radical (unpaired) electrons. The lowest BCUT2D eigenvalue weighted by atomic mass is 9.90. The summed E-state index contributed by atoms with van der Waals surface area (Å²) >= 11 is 0. The zero-order valence-corrected chi connectivity index (χ0v) is 19.1. The Bertz CT molecular complexity index is 954. The first-order valence-electron chi connectivity index (χ1n) is 11.0. The summed E-state index contributed by atoms with van der Waals surface area (Å²) in [5.41, 5.74) is -2.73. The first-order valence-corrected chi connectivity index (χ1v) is 11.0. The molecule has 0 amide bonds. The monoisotopic (exact) mass is 479 g/mol. The van der Waals surface area contributed by atoms with Gasteiger partial charge in [-0.05, 0) is 25.5 Å². The number of likely N-dealkylation sites (tertiary alicyclic amines) is 1. The minimum absolute atomic E-state index is 0.0799. The van der Waals surface area contributed by atoms with Crippen LogP contribution in [0, 0.1) is 5.92 Å². The Morgan fingerprint density at radius 2 is 1.65 bits per heavy atom. The quantitative estimate of drug-likeness (QED) is 0.532. The first-order chi connectivity index (χ1) is 16.2. The molecule has 0 bridgehead atoms. The Morgan fingerprint density at radius 1 is 1.03 bits per heavy atom. The van der Waals surface area contributed by atoms with Crippen molar-refractivity contribution in [3.63, 3.8) is 0 Å². The largest absolute Gasteiger partial charge is 0.466 e. The minimum Gasteiger partial charge on any atom is -0.466 e. The summed E-state index contributed by atoms with van der Waals surface area (Å²) in [6.45, 7) is 2.82. The lowest BCUT2D eigenvalue weighted by molar-refractivity contribution is -0.279. The Hall–Kier alpha value is -2.91. The molecule has 0 aliphatic carbocycles. The molecule has 6 nitrogen and oxygen atoms in total. The lowest BCUT2D eigenvalue weighted by Gasteiger charge is -2.39. The zero-order chi connectivity index (χ0) is 24.8. The third kappa shape index (κ3) is 5.42. The van der Waals surface area contributed by atoms with Gasteiger partial charge in [0.15, 0.2) is 0 Å². The highest BCUT2D eigenvalue weighted by Gasteiger charge is 2.64. The van der Waals surface area contributed by atoms with E-state index in [1.807, 2.05) is 35.2 Å². The average Bonchev–Trinajstić information content (AvgIpc) is 2.81. The van der Waals surface area contributed by atoms with Crippen molar-refractivity contribution in [3.05, 3.63) is 71.8 Å². The fourth-order valence-corrected chi connectivity index (χ4v) is 4.21. The minimum atomic E-state index is -5.10. The van der Waals surface area contributed by atoms with Gasteiger partial charge in [-0.15, -0.1) is 0 Å². The molecule has 3 atom stereocenters. The van der Waals surface area contributed by atoms with Gasteiger partial charge < -0.3 is 14.2 Å². The predicted octanol–water partition coefficient (Wildman–Crippen LogP) is 4.09. The number of methoxy groups -OCH3 is 1. The van der Waals surface area contributed by atoms with Gasteiger partial charge in [-0.2, -0.15) is 13.2 Å². The zero-order valence-electron chi connectivity index (χ0n) is 19.1. The maximum atomic E-state index is 14.3. The molecule has 1 saturated heterocycles. The lowest BCUT2D eigenvalue weighted by Crippen LogP contribution is -2.55. The van der Waals surface area contributed by atoms with E-state index in [1.165, 1.54) is 18.2 Å². The van der Waals surface area contributed by atoms with Gasteiger partial charge in [-0.3, -0.25) is 9.69 Å². The van der Waals surface area contributed by atoms with Gasteiger partial charge in [-0.25, -0.2) is 4.79 Å². The topological polar surface area (TPSA) is 65.1 Å². The number of hydrogen-bond acceptors (Lipinski definition) is 6. The van der Waals surface area contributed by atoms with E-state index in [0.29, 0.717) is 13.1 Å². The molecule has 2 aromatic rings. The molecule has 1 aliphatic heterocycles. The number of rotatable bonds is 8. The summed E-state index contributed by atoms with van der Waals surface area (Å²) in [5.74, 6) is -3.10. The second kappa shape index (κ2) is 11.0. The molecule has 2 aromatic carbocycles. The van der Waals surface area contributed by atoms with Crippen molar-refractivity contribution >= 4 is 11.9 Å². The third-order valence-electron chi connectivity index (χ3n) is 5.91. The van der Waals surface area contributed by atoms with Crippen molar-refractivity contribution in [2.45, 2.75) is 37.8 Å². The number of piperidine rings is 1. The van der Waals surface area contributed by atoms with Crippen molar-refractivity contribution in [1.82, 2.24) is 4.90 Å². The average molecular weight is 479 g/mol. The molecule has 3 rings (SSSR count). The van der Waals surface area contributed by atoms with E-state index in [9.17, 15) is 22.8 Å². The number of carbonyl (C=O) groups is 2. The molecule has 0 saturated carbocycles. The standard InChI is InChI=1S/C25H28F3NO5/c1-3-33-22(30)20-14-15-29(16-18-10-6-4-7-11-18)17-21(20)34-23(31)24(32-2,25(26,27)28)19-12-8-5-9-13-19/h4-13,20-21H,3,14-17H2,1-2H3/t20-,21-,24+/m0/s1. The number of nitrogens with zero attached hydrogens (tertiary/aromatic N) is 1. The van der Waals surface area contributed by atoms with Gasteiger partial charge in [0.2, 0.25) is 0 Å². The van der Waals surface area contributed by atoms with Crippen molar-refractivity contribution in [3.8, 4) is 0 Å². The molecule has 0 N–H and O–H groups in total. The maximum absolute atomic E-state index is 14.3. The molecule has 1 heterocycles. The number of benzene rings is 2. The highest BCUT2D eigenvalue weighted by molar-refractivity contribution is 5.83. The summed E-state index contributed by atoms with van der Waals surface area (Å²) in [7, 11) is 0.813. The molecule has 1 aliphatic rings. The van der Waals surface area contributed by atoms with E-state index in [1.54, 1.807) is 6.92 Å². The highest BCUT2D eigenvalue weighted by Crippen LogP contribution is 2.43. The first kappa shape index (κ1) is 25.7. The predicted molar refractivity (Wildman–Crippen MR) is 118 cm³/mol. The van der Waals surface area contributed by atoms with Crippen LogP contribution in [0.3, 0.4) is 0 Å². The summed E-state index contributed by atoms with van der Waals surface area (Å²) < 4.78 is 58.2. The second-order valence-corrected chi connectivity index (χ2v) is 8.06. The van der Waals surface area contributed by atoms with E-state index in [-0.39, 0.29) is 19.6 Å². The normalized spacial score (nSPS) is 20.9. The molecular weight excluding hydrogens is 451 g/mol. The molecule has 0 aromatic heterocycles. The number of ether oxygens (including phenoxy) is 3. The van der Waals surface area contributed by atoms with Crippen molar-refractivity contribution in [2.24, 2.45) is 5.92 Å². The maximum Gasteiger partial charge on any atom is 0.432 e. The van der Waals surface area contributed by atoms with E-state index in [2.05, 4.69) is 0 Å².